The summed E-state index contributed by atoms with van der Waals surface area (Å²) >= 11 is 0. The number of aryl methyl sites for hydroxylation is 3. The van der Waals surface area contributed by atoms with Crippen molar-refractivity contribution in [2.45, 2.75) is 40.2 Å². The lowest BCUT2D eigenvalue weighted by Crippen LogP contribution is -2.13. The number of benzene rings is 3. The van der Waals surface area contributed by atoms with E-state index in [0.29, 0.717) is 23.3 Å². The van der Waals surface area contributed by atoms with Crippen LogP contribution in [0.1, 0.15) is 36.1 Å². The first-order valence-electron chi connectivity index (χ1n) is 11.7. The Labute approximate surface area is 198 Å². The minimum atomic E-state index is -0.0954. The Bertz CT molecular complexity index is 1510. The maximum atomic E-state index is 13.5. The second-order valence-electron chi connectivity index (χ2n) is 8.66. The second kappa shape index (κ2) is 9.10. The first kappa shape index (κ1) is 21.8. The number of hydrogen-bond donors (Lipinski definition) is 0. The summed E-state index contributed by atoms with van der Waals surface area (Å²) in [5.41, 5.74) is 6.80. The van der Waals surface area contributed by atoms with Crippen LogP contribution in [0.25, 0.3) is 33.7 Å². The standard InChI is InChI=1S/C29H27N3O2/c1-4-20-8-10-22(11-9-20)17-32-18-25(27(33)24-16-21(5-2)12-15-26(24)32)29-30-28(31-34-29)23-13-6-19(3)7-14-23/h6-16,18H,4-5,17H2,1-3H3. The molecule has 0 radical (unpaired) electrons. The molecule has 5 rings (SSSR count). The largest absolute Gasteiger partial charge is 0.342 e. The van der Waals surface area contributed by atoms with E-state index >= 15 is 0 Å². The molecule has 0 spiro atoms. The molecule has 34 heavy (non-hydrogen) atoms. The molecule has 0 bridgehead atoms. The number of rotatable bonds is 6. The first-order valence-corrected chi connectivity index (χ1v) is 11.7. The Balaban J connectivity index is 1.63. The molecule has 0 amide bonds. The molecule has 0 N–H and O–H groups in total. The molecule has 0 aliphatic heterocycles. The zero-order chi connectivity index (χ0) is 23.7. The monoisotopic (exact) mass is 449 g/mol. The molecule has 170 valence electrons. The summed E-state index contributed by atoms with van der Waals surface area (Å²) in [4.78, 5) is 18.1. The predicted octanol–water partition coefficient (Wildman–Crippen LogP) is 6.20. The minimum Gasteiger partial charge on any atom is -0.342 e. The topological polar surface area (TPSA) is 60.9 Å². The molecule has 2 heterocycles. The van der Waals surface area contributed by atoms with Crippen LogP contribution in [-0.4, -0.2) is 14.7 Å². The quantitative estimate of drug-likeness (QED) is 0.310. The van der Waals surface area contributed by atoms with E-state index in [4.69, 9.17) is 4.52 Å². The Hall–Kier alpha value is -3.99. The summed E-state index contributed by atoms with van der Waals surface area (Å²) in [7, 11) is 0. The van der Waals surface area contributed by atoms with Crippen molar-refractivity contribution in [1.82, 2.24) is 14.7 Å². The van der Waals surface area contributed by atoms with E-state index in [2.05, 4.69) is 58.9 Å². The van der Waals surface area contributed by atoms with Gasteiger partial charge in [-0.15, -0.1) is 0 Å². The third kappa shape index (κ3) is 4.17. The highest BCUT2D eigenvalue weighted by Crippen LogP contribution is 2.24. The smallest absolute Gasteiger partial charge is 0.263 e. The van der Waals surface area contributed by atoms with E-state index in [9.17, 15) is 4.79 Å². The molecule has 5 nitrogen and oxygen atoms in total. The third-order valence-corrected chi connectivity index (χ3v) is 6.30. The van der Waals surface area contributed by atoms with Gasteiger partial charge in [-0.3, -0.25) is 4.79 Å². The van der Waals surface area contributed by atoms with Crippen LogP contribution in [0.15, 0.2) is 82.2 Å². The van der Waals surface area contributed by atoms with Crippen molar-refractivity contribution >= 4 is 10.9 Å². The highest BCUT2D eigenvalue weighted by molar-refractivity contribution is 5.83. The Morgan fingerprint density at radius 1 is 0.853 bits per heavy atom. The SMILES string of the molecule is CCc1ccc(Cn2cc(-c3nc(-c4ccc(C)cc4)no3)c(=O)c3cc(CC)ccc32)cc1. The van der Waals surface area contributed by atoms with E-state index in [-0.39, 0.29) is 11.3 Å². The van der Waals surface area contributed by atoms with Crippen LogP contribution in [-0.2, 0) is 19.4 Å². The number of pyridine rings is 1. The molecular weight excluding hydrogens is 422 g/mol. The molecule has 5 aromatic rings. The highest BCUT2D eigenvalue weighted by Gasteiger charge is 2.18. The molecule has 2 aromatic heterocycles. The van der Waals surface area contributed by atoms with E-state index < -0.39 is 0 Å². The summed E-state index contributed by atoms with van der Waals surface area (Å²) < 4.78 is 7.68. The Kier molecular flexibility index (Phi) is 5.84. The molecule has 0 aliphatic carbocycles. The van der Waals surface area contributed by atoms with E-state index in [1.165, 1.54) is 11.1 Å². The number of hydrogen-bond acceptors (Lipinski definition) is 4. The zero-order valence-electron chi connectivity index (χ0n) is 19.7. The molecule has 0 saturated carbocycles. The average molecular weight is 450 g/mol. The molecule has 0 aliphatic rings. The van der Waals surface area contributed by atoms with Crippen LogP contribution in [0.4, 0.5) is 0 Å². The van der Waals surface area contributed by atoms with Gasteiger partial charge in [-0.1, -0.05) is 79.2 Å². The molecule has 0 saturated heterocycles. The van der Waals surface area contributed by atoms with Gasteiger partial charge < -0.3 is 9.09 Å². The molecule has 3 aromatic carbocycles. The highest BCUT2D eigenvalue weighted by atomic mass is 16.5. The van der Waals surface area contributed by atoms with Gasteiger partial charge in [-0.2, -0.15) is 4.98 Å². The fraction of sp³-hybridized carbons (Fsp3) is 0.207. The first-order chi connectivity index (χ1) is 16.6. The van der Waals surface area contributed by atoms with E-state index in [1.54, 1.807) is 0 Å². The van der Waals surface area contributed by atoms with Gasteiger partial charge in [0.05, 0.1) is 5.52 Å². The number of aromatic nitrogens is 3. The average Bonchev–Trinajstić information content (AvgIpc) is 3.36. The van der Waals surface area contributed by atoms with E-state index in [0.717, 1.165) is 35.0 Å². The van der Waals surface area contributed by atoms with Gasteiger partial charge in [0.15, 0.2) is 0 Å². The van der Waals surface area contributed by atoms with Crippen molar-refractivity contribution in [3.8, 4) is 22.8 Å². The molecule has 5 heteroatoms. The lowest BCUT2D eigenvalue weighted by atomic mass is 10.1. The van der Waals surface area contributed by atoms with Crippen molar-refractivity contribution in [1.29, 1.82) is 0 Å². The van der Waals surface area contributed by atoms with Gasteiger partial charge in [0.2, 0.25) is 11.3 Å². The van der Waals surface area contributed by atoms with Crippen LogP contribution in [0.3, 0.4) is 0 Å². The van der Waals surface area contributed by atoms with Crippen molar-refractivity contribution < 1.29 is 4.52 Å². The minimum absolute atomic E-state index is 0.0954. The van der Waals surface area contributed by atoms with Crippen molar-refractivity contribution in [2.24, 2.45) is 0 Å². The maximum Gasteiger partial charge on any atom is 0.263 e. The second-order valence-corrected chi connectivity index (χ2v) is 8.66. The Morgan fingerprint density at radius 2 is 1.53 bits per heavy atom. The lowest BCUT2D eigenvalue weighted by molar-refractivity contribution is 0.431. The fourth-order valence-electron chi connectivity index (χ4n) is 4.18. The summed E-state index contributed by atoms with van der Waals surface area (Å²) in [6.45, 7) is 6.91. The summed E-state index contributed by atoms with van der Waals surface area (Å²) in [6, 6.07) is 22.6. The van der Waals surface area contributed by atoms with Crippen LogP contribution < -0.4 is 5.43 Å². The Morgan fingerprint density at radius 3 is 2.24 bits per heavy atom. The maximum absolute atomic E-state index is 13.5. The van der Waals surface area contributed by atoms with Crippen LogP contribution >= 0.6 is 0 Å². The fourth-order valence-corrected chi connectivity index (χ4v) is 4.18. The van der Waals surface area contributed by atoms with Gasteiger partial charge in [-0.05, 0) is 48.6 Å². The molecule has 0 atom stereocenters. The molecule has 0 unspecified atom stereocenters. The van der Waals surface area contributed by atoms with Gasteiger partial charge >= 0.3 is 0 Å². The van der Waals surface area contributed by atoms with Crippen LogP contribution in [0, 0.1) is 6.92 Å². The number of fused-ring (bicyclic) bond motifs is 1. The van der Waals surface area contributed by atoms with Gasteiger partial charge in [-0.25, -0.2) is 0 Å². The van der Waals surface area contributed by atoms with Crippen molar-refractivity contribution in [3.63, 3.8) is 0 Å². The van der Waals surface area contributed by atoms with Gasteiger partial charge in [0.25, 0.3) is 5.89 Å². The van der Waals surface area contributed by atoms with E-state index in [1.807, 2.05) is 49.5 Å². The van der Waals surface area contributed by atoms with Gasteiger partial charge in [0.1, 0.15) is 5.56 Å². The van der Waals surface area contributed by atoms with Crippen molar-refractivity contribution in [3.05, 3.63) is 105 Å². The van der Waals surface area contributed by atoms with Crippen LogP contribution in [0.5, 0.6) is 0 Å². The van der Waals surface area contributed by atoms with Crippen molar-refractivity contribution in [2.75, 3.05) is 0 Å². The normalized spacial score (nSPS) is 11.3. The molecule has 0 fully saturated rings. The summed E-state index contributed by atoms with van der Waals surface area (Å²) in [5, 5.41) is 4.81. The van der Waals surface area contributed by atoms with Gasteiger partial charge in [0, 0.05) is 23.7 Å². The number of nitrogens with zero attached hydrogens (tertiary/aromatic N) is 3. The van der Waals surface area contributed by atoms with Crippen LogP contribution in [0.2, 0.25) is 0 Å². The summed E-state index contributed by atoms with van der Waals surface area (Å²) in [6.07, 6.45) is 3.71. The summed E-state index contributed by atoms with van der Waals surface area (Å²) in [5.74, 6) is 0.706. The zero-order valence-corrected chi connectivity index (χ0v) is 19.7. The lowest BCUT2D eigenvalue weighted by Gasteiger charge is -2.14. The molecular formula is C29H27N3O2. The predicted molar refractivity (Wildman–Crippen MR) is 136 cm³/mol. The third-order valence-electron chi connectivity index (χ3n) is 6.30.